The minimum absolute atomic E-state index is 0.0124. The molecule has 2 aromatic heterocycles. The molecule has 0 saturated heterocycles. The van der Waals surface area contributed by atoms with Crippen LogP contribution >= 0.6 is 22.9 Å². The number of halogens is 1. The molecule has 0 unspecified atom stereocenters. The zero-order chi connectivity index (χ0) is 26.2. The first-order chi connectivity index (χ1) is 16.9. The molecule has 2 nitrogen and oxygen atoms in total. The van der Waals surface area contributed by atoms with Crippen LogP contribution in [-0.4, -0.2) is 88.4 Å². The summed E-state index contributed by atoms with van der Waals surface area (Å²) < 4.78 is 1.48. The topological polar surface area (TPSA) is 25.8 Å². The number of hydrogen-bond donors (Lipinski definition) is 0. The minimum Gasteiger partial charge on any atom is -0.216 e. The fraction of sp³-hybridized carbons (Fsp3) is 0. The Morgan fingerprint density at radius 3 is 1.58 bits per heavy atom. The van der Waals surface area contributed by atoms with Gasteiger partial charge in [0.15, 0.2) is 0 Å². The maximum absolute atomic E-state index is 6.31. The van der Waals surface area contributed by atoms with Crippen molar-refractivity contribution in [3.05, 3.63) is 23.5 Å². The first kappa shape index (κ1) is 25.5. The van der Waals surface area contributed by atoms with Crippen LogP contribution in [0.25, 0.3) is 42.7 Å². The van der Waals surface area contributed by atoms with Gasteiger partial charge in [0.2, 0.25) is 5.28 Å². The second kappa shape index (κ2) is 9.03. The van der Waals surface area contributed by atoms with Crippen molar-refractivity contribution in [3.63, 3.8) is 0 Å². The molecule has 3 aromatic carbocycles. The number of fused-ring (bicyclic) bond motifs is 3. The number of nitrogens with zero attached hydrogens (tertiary/aromatic N) is 2. The third-order valence-electron chi connectivity index (χ3n) is 6.21. The number of aromatic nitrogens is 2. The van der Waals surface area contributed by atoms with E-state index in [9.17, 15) is 0 Å². The first-order valence-electron chi connectivity index (χ1n) is 10.4. The lowest BCUT2D eigenvalue weighted by Crippen LogP contribution is -2.55. The summed E-state index contributed by atoms with van der Waals surface area (Å²) in [6.45, 7) is 0. The molecule has 20 radical (unpaired) electrons. The SMILES string of the molecule is [B]c1c([B])c([B])c(-c2ccc3c(c2)sc2c(-c4c([B])c([B])c([B])c([B])c4[B])nc(Cl)nc23)c([B])c1[B]. The standard InChI is InChI=1S/C22H3B10ClN2S/c23-9-7(10(24)14(28)17(31)13(9)27)4-1-2-5-6(3-4)36-21-19(5)34-22(33)35-20(21)8-11(25)15(29)18(32)16(30)12(8)26/h1-3H. The van der Waals surface area contributed by atoms with Crippen LogP contribution in [0.3, 0.4) is 0 Å². The highest BCUT2D eigenvalue weighted by atomic mass is 35.5. The van der Waals surface area contributed by atoms with E-state index in [-0.39, 0.29) is 59.9 Å². The monoisotopic (exact) mass is 472 g/mol. The van der Waals surface area contributed by atoms with Gasteiger partial charge < -0.3 is 0 Å². The maximum Gasteiger partial charge on any atom is 0.223 e. The summed E-state index contributed by atoms with van der Waals surface area (Å²) in [4.78, 5) is 8.85. The predicted octanol–water partition coefficient (Wildman–Crippen LogP) is -5.23. The molecule has 2 heterocycles. The Morgan fingerprint density at radius 1 is 0.583 bits per heavy atom. The molecule has 5 aromatic rings. The van der Waals surface area contributed by atoms with Crippen molar-refractivity contribution >= 4 is 176 Å². The van der Waals surface area contributed by atoms with Gasteiger partial charge in [-0.05, 0) is 34.4 Å². The first-order valence-corrected chi connectivity index (χ1v) is 11.6. The third kappa shape index (κ3) is 3.69. The molecular weight excluding hydrogens is 468 g/mol. The van der Waals surface area contributed by atoms with E-state index < -0.39 is 0 Å². The largest absolute Gasteiger partial charge is 0.223 e. The molecule has 14 heteroatoms. The zero-order valence-electron chi connectivity index (χ0n) is 18.7. The average molecular weight is 471 g/mol. The van der Waals surface area contributed by atoms with E-state index >= 15 is 0 Å². The van der Waals surface area contributed by atoms with Crippen LogP contribution in [-0.2, 0) is 0 Å². The number of hydrogen-bond acceptors (Lipinski definition) is 3. The van der Waals surface area contributed by atoms with Crippen LogP contribution in [0.2, 0.25) is 5.28 Å². The van der Waals surface area contributed by atoms with Crippen LogP contribution in [0, 0.1) is 0 Å². The molecule has 0 atom stereocenters. The van der Waals surface area contributed by atoms with Gasteiger partial charge in [-0.1, -0.05) is 34.0 Å². The summed E-state index contributed by atoms with van der Waals surface area (Å²) in [6, 6.07) is 5.56. The van der Waals surface area contributed by atoms with Crippen LogP contribution in [0.15, 0.2) is 18.2 Å². The fourth-order valence-corrected chi connectivity index (χ4v) is 5.55. The summed E-state index contributed by atoms with van der Waals surface area (Å²) in [5.41, 5.74) is 3.98. The van der Waals surface area contributed by atoms with Crippen molar-refractivity contribution in [1.82, 2.24) is 9.97 Å². The minimum atomic E-state index is -0.0124. The van der Waals surface area contributed by atoms with Gasteiger partial charge >= 0.3 is 0 Å². The Hall–Kier alpha value is -2.10. The smallest absolute Gasteiger partial charge is 0.216 e. The van der Waals surface area contributed by atoms with E-state index in [4.69, 9.17) is 90.1 Å². The quantitative estimate of drug-likeness (QED) is 0.190. The van der Waals surface area contributed by atoms with Gasteiger partial charge in [0.25, 0.3) is 0 Å². The summed E-state index contributed by atoms with van der Waals surface area (Å²) in [7, 11) is 61.3. The third-order valence-corrected chi connectivity index (χ3v) is 7.53. The molecule has 0 aliphatic rings. The van der Waals surface area contributed by atoms with Gasteiger partial charge in [-0.25, -0.2) is 9.97 Å². The van der Waals surface area contributed by atoms with Crippen molar-refractivity contribution in [2.75, 3.05) is 0 Å². The highest BCUT2D eigenvalue weighted by molar-refractivity contribution is 7.26. The highest BCUT2D eigenvalue weighted by Gasteiger charge is 2.21. The van der Waals surface area contributed by atoms with E-state index in [1.807, 2.05) is 18.2 Å². The Morgan fingerprint density at radius 2 is 1.06 bits per heavy atom. The molecule has 0 aliphatic carbocycles. The molecule has 0 aliphatic heterocycles. The molecule has 0 saturated carbocycles. The maximum atomic E-state index is 6.31. The van der Waals surface area contributed by atoms with Gasteiger partial charge in [-0.3, -0.25) is 0 Å². The Bertz CT molecular complexity index is 1710. The second-order valence-corrected chi connectivity index (χ2v) is 9.61. The molecule has 0 bridgehead atoms. The lowest BCUT2D eigenvalue weighted by Gasteiger charge is -2.21. The Labute approximate surface area is 231 Å². The normalized spacial score (nSPS) is 11.5. The van der Waals surface area contributed by atoms with Gasteiger partial charge in [-0.2, -0.15) is 0 Å². The van der Waals surface area contributed by atoms with E-state index in [0.717, 1.165) is 10.1 Å². The Balaban J connectivity index is 1.83. The van der Waals surface area contributed by atoms with E-state index in [1.54, 1.807) is 0 Å². The molecule has 0 amide bonds. The number of rotatable bonds is 2. The van der Waals surface area contributed by atoms with Crippen molar-refractivity contribution in [1.29, 1.82) is 0 Å². The molecule has 0 N–H and O–H groups in total. The summed E-state index contributed by atoms with van der Waals surface area (Å²) in [6.07, 6.45) is 0. The van der Waals surface area contributed by atoms with E-state index in [0.29, 0.717) is 32.6 Å². The van der Waals surface area contributed by atoms with Crippen molar-refractivity contribution < 1.29 is 0 Å². The second-order valence-electron chi connectivity index (χ2n) is 8.22. The number of thiophene rings is 1. The van der Waals surface area contributed by atoms with Crippen LogP contribution in [0.1, 0.15) is 0 Å². The molecule has 144 valence electrons. The lowest BCUT2D eigenvalue weighted by molar-refractivity contribution is 1.24. The van der Waals surface area contributed by atoms with Crippen molar-refractivity contribution in [2.24, 2.45) is 0 Å². The predicted molar refractivity (Wildman–Crippen MR) is 165 cm³/mol. The van der Waals surface area contributed by atoms with Gasteiger partial charge in [0.05, 0.1) is 15.9 Å². The van der Waals surface area contributed by atoms with Gasteiger partial charge in [0.1, 0.15) is 78.5 Å². The van der Waals surface area contributed by atoms with Crippen LogP contribution in [0.4, 0.5) is 0 Å². The summed E-state index contributed by atoms with van der Waals surface area (Å²) in [5.74, 6) is 0. The van der Waals surface area contributed by atoms with E-state index in [1.165, 1.54) is 11.3 Å². The number of benzene rings is 3. The van der Waals surface area contributed by atoms with Crippen molar-refractivity contribution in [3.8, 4) is 22.4 Å². The highest BCUT2D eigenvalue weighted by Crippen LogP contribution is 2.39. The molecule has 0 spiro atoms. The molecule has 0 fully saturated rings. The molecule has 5 rings (SSSR count). The molecule has 36 heavy (non-hydrogen) atoms. The summed E-state index contributed by atoms with van der Waals surface area (Å²) in [5, 5.41) is 0.785. The Kier molecular flexibility index (Phi) is 6.41. The van der Waals surface area contributed by atoms with E-state index in [2.05, 4.69) is 9.97 Å². The van der Waals surface area contributed by atoms with Crippen LogP contribution < -0.4 is 54.6 Å². The van der Waals surface area contributed by atoms with Gasteiger partial charge in [0, 0.05) is 10.1 Å². The average Bonchev–Trinajstić information content (AvgIpc) is 3.22. The van der Waals surface area contributed by atoms with Crippen LogP contribution in [0.5, 0.6) is 0 Å². The summed E-state index contributed by atoms with van der Waals surface area (Å²) >= 11 is 7.69. The fourth-order valence-electron chi connectivity index (χ4n) is 4.21. The van der Waals surface area contributed by atoms with Gasteiger partial charge in [-0.15, -0.1) is 44.1 Å². The molecular formula is C22H3B10ClN2S. The van der Waals surface area contributed by atoms with Crippen molar-refractivity contribution in [2.45, 2.75) is 0 Å². The lowest BCUT2D eigenvalue weighted by atomic mass is 9.59. The zero-order valence-corrected chi connectivity index (χ0v) is 20.3.